The first-order valence-corrected chi connectivity index (χ1v) is 5.22. The Morgan fingerprint density at radius 2 is 2.18 bits per heavy atom. The lowest BCUT2D eigenvalue weighted by Gasteiger charge is -2.08. The number of aliphatic hydroxyl groups is 1. The number of hydrogen-bond donors (Lipinski definition) is 1. The van der Waals surface area contributed by atoms with Crippen molar-refractivity contribution in [3.05, 3.63) is 57.4 Å². The smallest absolute Gasteiger partial charge is 0.294 e. The van der Waals surface area contributed by atoms with E-state index in [2.05, 4.69) is 0 Å². The number of nitro groups is 1. The molecule has 1 aromatic heterocycles. The van der Waals surface area contributed by atoms with E-state index in [0.717, 1.165) is 0 Å². The largest absolute Gasteiger partial charge is 0.390 e. The fraction of sp³-hybridized carbons (Fsp3) is 0.0909. The molecule has 0 atom stereocenters. The van der Waals surface area contributed by atoms with E-state index in [1.165, 1.54) is 6.07 Å². The van der Waals surface area contributed by atoms with Crippen LogP contribution in [0, 0.1) is 10.1 Å². The van der Waals surface area contributed by atoms with Gasteiger partial charge in [-0.1, -0.05) is 11.6 Å². The molecule has 5 nitrogen and oxygen atoms in total. The number of rotatable bonds is 3. The zero-order valence-corrected chi connectivity index (χ0v) is 9.46. The monoisotopic (exact) mass is 252 g/mol. The number of nitrogens with zero attached hydrogens (tertiary/aromatic N) is 2. The second-order valence-corrected chi connectivity index (χ2v) is 3.85. The van der Waals surface area contributed by atoms with Gasteiger partial charge in [0, 0.05) is 23.0 Å². The van der Waals surface area contributed by atoms with Crippen molar-refractivity contribution in [2.24, 2.45) is 0 Å². The van der Waals surface area contributed by atoms with Gasteiger partial charge >= 0.3 is 0 Å². The summed E-state index contributed by atoms with van der Waals surface area (Å²) < 4.78 is 1.56. The summed E-state index contributed by atoms with van der Waals surface area (Å²) >= 11 is 5.73. The van der Waals surface area contributed by atoms with Crippen molar-refractivity contribution in [3.63, 3.8) is 0 Å². The maximum Gasteiger partial charge on any atom is 0.294 e. The predicted octanol–water partition coefficient (Wildman–Crippen LogP) is 2.53. The highest BCUT2D eigenvalue weighted by Gasteiger charge is 2.17. The van der Waals surface area contributed by atoms with Crippen LogP contribution in [-0.4, -0.2) is 14.6 Å². The Kier molecular flexibility index (Phi) is 3.12. The van der Waals surface area contributed by atoms with Crippen LogP contribution in [-0.2, 0) is 6.61 Å². The Morgan fingerprint density at radius 3 is 2.82 bits per heavy atom. The minimum Gasteiger partial charge on any atom is -0.390 e. The van der Waals surface area contributed by atoms with Crippen molar-refractivity contribution in [3.8, 4) is 5.69 Å². The highest BCUT2D eigenvalue weighted by molar-refractivity contribution is 6.30. The molecule has 0 unspecified atom stereocenters. The maximum absolute atomic E-state index is 10.9. The molecule has 6 heteroatoms. The van der Waals surface area contributed by atoms with E-state index in [9.17, 15) is 10.1 Å². The number of aromatic nitrogens is 1. The zero-order valence-electron chi connectivity index (χ0n) is 8.71. The third kappa shape index (κ3) is 2.15. The molecule has 1 N–H and O–H groups in total. The standard InChI is InChI=1S/C11H9ClN2O3/c12-8-3-4-10(11(6-8)14(16)17)13-5-1-2-9(13)7-15/h1-6,15H,7H2. The summed E-state index contributed by atoms with van der Waals surface area (Å²) in [5.74, 6) is 0. The summed E-state index contributed by atoms with van der Waals surface area (Å²) in [4.78, 5) is 10.4. The number of hydrogen-bond acceptors (Lipinski definition) is 3. The summed E-state index contributed by atoms with van der Waals surface area (Å²) in [6, 6.07) is 7.82. The molecular formula is C11H9ClN2O3. The minimum atomic E-state index is -0.498. The summed E-state index contributed by atoms with van der Waals surface area (Å²) in [5, 5.41) is 20.4. The van der Waals surface area contributed by atoms with E-state index in [0.29, 0.717) is 16.4 Å². The minimum absolute atomic E-state index is 0.0941. The lowest BCUT2D eigenvalue weighted by Crippen LogP contribution is -2.02. The van der Waals surface area contributed by atoms with Crippen LogP contribution in [0.2, 0.25) is 5.02 Å². The molecule has 17 heavy (non-hydrogen) atoms. The lowest BCUT2D eigenvalue weighted by molar-refractivity contribution is -0.384. The Labute approximate surface area is 102 Å². The summed E-state index contributed by atoms with van der Waals surface area (Å²) in [7, 11) is 0. The van der Waals surface area contributed by atoms with Crippen molar-refractivity contribution < 1.29 is 10.0 Å². The Hall–Kier alpha value is -1.85. The molecule has 0 aliphatic heterocycles. The predicted molar refractivity (Wildman–Crippen MR) is 63.4 cm³/mol. The van der Waals surface area contributed by atoms with Gasteiger partial charge in [-0.3, -0.25) is 10.1 Å². The Bertz CT molecular complexity index is 566. The first-order chi connectivity index (χ1) is 8.13. The van der Waals surface area contributed by atoms with Crippen molar-refractivity contribution in [2.75, 3.05) is 0 Å². The summed E-state index contributed by atoms with van der Waals surface area (Å²) in [5.41, 5.74) is 0.868. The third-order valence-corrected chi connectivity index (χ3v) is 2.62. The number of nitro benzene ring substituents is 1. The molecule has 0 amide bonds. The highest BCUT2D eigenvalue weighted by atomic mass is 35.5. The molecule has 0 radical (unpaired) electrons. The quantitative estimate of drug-likeness (QED) is 0.674. The van der Waals surface area contributed by atoms with Crippen molar-refractivity contribution in [1.82, 2.24) is 4.57 Å². The molecule has 88 valence electrons. The molecule has 0 aliphatic carbocycles. The zero-order chi connectivity index (χ0) is 12.4. The second-order valence-electron chi connectivity index (χ2n) is 3.42. The molecule has 0 aliphatic rings. The van der Waals surface area contributed by atoms with Gasteiger partial charge in [-0.2, -0.15) is 0 Å². The Balaban J connectivity index is 2.63. The molecule has 1 heterocycles. The van der Waals surface area contributed by atoms with Crippen LogP contribution >= 0.6 is 11.6 Å². The second kappa shape index (κ2) is 4.57. The van der Waals surface area contributed by atoms with Crippen LogP contribution in [0.15, 0.2) is 36.5 Å². The molecule has 0 saturated carbocycles. The fourth-order valence-corrected chi connectivity index (χ4v) is 1.79. The average molecular weight is 253 g/mol. The van der Waals surface area contributed by atoms with E-state index < -0.39 is 4.92 Å². The van der Waals surface area contributed by atoms with Crippen LogP contribution in [0.5, 0.6) is 0 Å². The molecule has 0 fully saturated rings. The van der Waals surface area contributed by atoms with Gasteiger partial charge in [0.15, 0.2) is 0 Å². The molecule has 2 aromatic rings. The van der Waals surface area contributed by atoms with Crippen LogP contribution in [0.4, 0.5) is 5.69 Å². The van der Waals surface area contributed by atoms with E-state index >= 15 is 0 Å². The number of aliphatic hydroxyl groups excluding tert-OH is 1. The van der Waals surface area contributed by atoms with Gasteiger partial charge in [0.1, 0.15) is 5.69 Å². The molecule has 0 spiro atoms. The van der Waals surface area contributed by atoms with Crippen molar-refractivity contribution >= 4 is 17.3 Å². The van der Waals surface area contributed by atoms with Gasteiger partial charge in [0.25, 0.3) is 5.69 Å². The lowest BCUT2D eigenvalue weighted by atomic mass is 10.2. The van der Waals surface area contributed by atoms with Gasteiger partial charge < -0.3 is 9.67 Å². The van der Waals surface area contributed by atoms with Crippen LogP contribution in [0.1, 0.15) is 5.69 Å². The fourth-order valence-electron chi connectivity index (χ4n) is 1.63. The normalized spacial score (nSPS) is 10.5. The van der Waals surface area contributed by atoms with Crippen LogP contribution < -0.4 is 0 Å². The first kappa shape index (κ1) is 11.6. The van der Waals surface area contributed by atoms with E-state index in [4.69, 9.17) is 16.7 Å². The van der Waals surface area contributed by atoms with Gasteiger partial charge in [0.05, 0.1) is 11.5 Å². The van der Waals surface area contributed by atoms with E-state index in [1.807, 2.05) is 0 Å². The van der Waals surface area contributed by atoms with Crippen LogP contribution in [0.3, 0.4) is 0 Å². The van der Waals surface area contributed by atoms with Gasteiger partial charge in [-0.25, -0.2) is 0 Å². The third-order valence-electron chi connectivity index (χ3n) is 2.39. The topological polar surface area (TPSA) is 68.3 Å². The molecular weight excluding hydrogens is 244 g/mol. The van der Waals surface area contributed by atoms with E-state index in [1.54, 1.807) is 35.0 Å². The SMILES string of the molecule is O=[N+]([O-])c1cc(Cl)ccc1-n1cccc1CO. The van der Waals surface area contributed by atoms with Crippen molar-refractivity contribution in [2.45, 2.75) is 6.61 Å². The van der Waals surface area contributed by atoms with E-state index in [-0.39, 0.29) is 12.3 Å². The maximum atomic E-state index is 10.9. The van der Waals surface area contributed by atoms with Gasteiger partial charge in [-0.15, -0.1) is 0 Å². The van der Waals surface area contributed by atoms with Gasteiger partial charge in [-0.05, 0) is 24.3 Å². The van der Waals surface area contributed by atoms with Crippen molar-refractivity contribution in [1.29, 1.82) is 0 Å². The number of benzene rings is 1. The molecule has 2 rings (SSSR count). The van der Waals surface area contributed by atoms with Gasteiger partial charge in [0.2, 0.25) is 0 Å². The number of halogens is 1. The van der Waals surface area contributed by atoms with Crippen LogP contribution in [0.25, 0.3) is 5.69 Å². The molecule has 0 bridgehead atoms. The Morgan fingerprint density at radius 1 is 1.41 bits per heavy atom. The molecule has 1 aromatic carbocycles. The highest BCUT2D eigenvalue weighted by Crippen LogP contribution is 2.27. The molecule has 0 saturated heterocycles. The summed E-state index contributed by atoms with van der Waals surface area (Å²) in [6.45, 7) is -0.188. The first-order valence-electron chi connectivity index (χ1n) is 4.85. The average Bonchev–Trinajstić information content (AvgIpc) is 2.76. The summed E-state index contributed by atoms with van der Waals surface area (Å²) in [6.07, 6.45) is 1.65.